The monoisotopic (exact) mass is 377 g/mol. The van der Waals surface area contributed by atoms with Gasteiger partial charge in [-0.25, -0.2) is 9.07 Å². The highest BCUT2D eigenvalue weighted by Crippen LogP contribution is 2.19. The van der Waals surface area contributed by atoms with Crippen LogP contribution >= 0.6 is 0 Å². The van der Waals surface area contributed by atoms with Crippen molar-refractivity contribution in [2.24, 2.45) is 0 Å². The van der Waals surface area contributed by atoms with E-state index >= 15 is 0 Å². The van der Waals surface area contributed by atoms with Crippen LogP contribution in [-0.2, 0) is 4.79 Å². The molecule has 7 nitrogen and oxygen atoms in total. The maximum Gasteiger partial charge on any atom is 0.267 e. The van der Waals surface area contributed by atoms with E-state index in [-0.39, 0.29) is 11.7 Å². The number of amides is 1. The van der Waals surface area contributed by atoms with E-state index in [4.69, 9.17) is 0 Å². The summed E-state index contributed by atoms with van der Waals surface area (Å²) < 4.78 is 14.2. The SMILES string of the molecule is CC(C(=O)Nc1ccc2cn[nH]c2c1)n1nc(-c2ccc(F)cc2)ccc1=O. The second kappa shape index (κ2) is 7.07. The maximum absolute atomic E-state index is 13.1. The molecule has 2 heterocycles. The van der Waals surface area contributed by atoms with Gasteiger partial charge in [0.2, 0.25) is 5.91 Å². The lowest BCUT2D eigenvalue weighted by atomic mass is 10.1. The molecule has 0 radical (unpaired) electrons. The van der Waals surface area contributed by atoms with Crippen LogP contribution in [0.25, 0.3) is 22.2 Å². The summed E-state index contributed by atoms with van der Waals surface area (Å²) in [6, 6.07) is 13.2. The molecule has 1 unspecified atom stereocenters. The van der Waals surface area contributed by atoms with Crippen molar-refractivity contribution in [1.82, 2.24) is 20.0 Å². The van der Waals surface area contributed by atoms with Gasteiger partial charge in [-0.15, -0.1) is 0 Å². The number of halogens is 1. The summed E-state index contributed by atoms with van der Waals surface area (Å²) in [4.78, 5) is 24.9. The summed E-state index contributed by atoms with van der Waals surface area (Å²) >= 11 is 0. The lowest BCUT2D eigenvalue weighted by Gasteiger charge is -2.15. The van der Waals surface area contributed by atoms with Crippen LogP contribution in [0.4, 0.5) is 10.1 Å². The van der Waals surface area contributed by atoms with Gasteiger partial charge in [0.25, 0.3) is 5.56 Å². The highest BCUT2D eigenvalue weighted by atomic mass is 19.1. The van der Waals surface area contributed by atoms with Gasteiger partial charge in [-0.2, -0.15) is 10.2 Å². The first kappa shape index (κ1) is 17.6. The maximum atomic E-state index is 13.1. The molecule has 2 aromatic carbocycles. The zero-order chi connectivity index (χ0) is 19.7. The normalized spacial score (nSPS) is 12.1. The van der Waals surface area contributed by atoms with Gasteiger partial charge < -0.3 is 5.32 Å². The van der Waals surface area contributed by atoms with Gasteiger partial charge in [0.1, 0.15) is 11.9 Å². The van der Waals surface area contributed by atoms with Crippen molar-refractivity contribution in [3.05, 3.63) is 77.0 Å². The molecule has 140 valence electrons. The van der Waals surface area contributed by atoms with Crippen LogP contribution in [0.2, 0.25) is 0 Å². The number of rotatable bonds is 4. The Morgan fingerprint density at radius 1 is 1.14 bits per heavy atom. The highest BCUT2D eigenvalue weighted by Gasteiger charge is 2.18. The largest absolute Gasteiger partial charge is 0.324 e. The Morgan fingerprint density at radius 3 is 2.71 bits per heavy atom. The molecule has 0 spiro atoms. The lowest BCUT2D eigenvalue weighted by molar-refractivity contribution is -0.119. The Hall–Kier alpha value is -3.81. The summed E-state index contributed by atoms with van der Waals surface area (Å²) in [5.74, 6) is -0.747. The molecule has 1 amide bonds. The number of aromatic amines is 1. The number of carbonyl (C=O) groups excluding carboxylic acids is 1. The third kappa shape index (κ3) is 3.39. The van der Waals surface area contributed by atoms with Crippen LogP contribution in [-0.4, -0.2) is 25.9 Å². The minimum absolute atomic E-state index is 0.362. The molecule has 0 saturated carbocycles. The van der Waals surface area contributed by atoms with E-state index in [9.17, 15) is 14.0 Å². The van der Waals surface area contributed by atoms with Crippen LogP contribution < -0.4 is 10.9 Å². The number of aromatic nitrogens is 4. The quantitative estimate of drug-likeness (QED) is 0.571. The van der Waals surface area contributed by atoms with Gasteiger partial charge in [-0.1, -0.05) is 0 Å². The van der Waals surface area contributed by atoms with E-state index in [0.717, 1.165) is 15.6 Å². The molecular formula is C20H16FN5O2. The zero-order valence-electron chi connectivity index (χ0n) is 14.9. The molecule has 0 saturated heterocycles. The van der Waals surface area contributed by atoms with E-state index in [0.29, 0.717) is 16.9 Å². The summed E-state index contributed by atoms with van der Waals surface area (Å²) in [7, 11) is 0. The molecule has 0 aliphatic carbocycles. The van der Waals surface area contributed by atoms with Crippen molar-refractivity contribution in [3.63, 3.8) is 0 Å². The standard InChI is InChI=1S/C20H16FN5O2/c1-12(20(28)23-16-7-4-14-11-22-24-18(14)10-16)26-19(27)9-8-17(25-26)13-2-5-15(21)6-3-13/h2-12H,1H3,(H,22,24)(H,23,28). The van der Waals surface area contributed by atoms with Crippen LogP contribution in [0.15, 0.2) is 65.6 Å². The molecule has 4 rings (SSSR count). The predicted octanol–water partition coefficient (Wildman–Crippen LogP) is 3.13. The Kier molecular flexibility index (Phi) is 4.44. The fourth-order valence-corrected chi connectivity index (χ4v) is 2.85. The van der Waals surface area contributed by atoms with Crippen LogP contribution in [0, 0.1) is 5.82 Å². The third-order valence-corrected chi connectivity index (χ3v) is 4.42. The molecule has 0 bridgehead atoms. The second-order valence-electron chi connectivity index (χ2n) is 6.35. The second-order valence-corrected chi connectivity index (χ2v) is 6.35. The number of hydrogen-bond acceptors (Lipinski definition) is 4. The first-order chi connectivity index (χ1) is 13.5. The average Bonchev–Trinajstić information content (AvgIpc) is 3.16. The van der Waals surface area contributed by atoms with Crippen molar-refractivity contribution < 1.29 is 9.18 Å². The van der Waals surface area contributed by atoms with E-state index in [1.54, 1.807) is 43.5 Å². The molecule has 2 N–H and O–H groups in total. The Morgan fingerprint density at radius 2 is 1.93 bits per heavy atom. The van der Waals surface area contributed by atoms with Crippen molar-refractivity contribution in [2.45, 2.75) is 13.0 Å². The van der Waals surface area contributed by atoms with Crippen molar-refractivity contribution in [2.75, 3.05) is 5.32 Å². The van der Waals surface area contributed by atoms with E-state index in [2.05, 4.69) is 20.6 Å². The summed E-state index contributed by atoms with van der Waals surface area (Å²) in [6.07, 6.45) is 1.69. The number of benzene rings is 2. The van der Waals surface area contributed by atoms with Gasteiger partial charge >= 0.3 is 0 Å². The van der Waals surface area contributed by atoms with E-state index < -0.39 is 11.6 Å². The Bertz CT molecular complexity index is 1210. The number of anilines is 1. The number of hydrogen-bond donors (Lipinski definition) is 2. The summed E-state index contributed by atoms with van der Waals surface area (Å²) in [5, 5.41) is 14.8. The Balaban J connectivity index is 1.60. The van der Waals surface area contributed by atoms with Crippen LogP contribution in [0.5, 0.6) is 0 Å². The minimum Gasteiger partial charge on any atom is -0.324 e. The molecule has 0 fully saturated rings. The van der Waals surface area contributed by atoms with E-state index in [1.807, 2.05) is 6.07 Å². The molecule has 0 aliphatic heterocycles. The fourth-order valence-electron chi connectivity index (χ4n) is 2.85. The lowest BCUT2D eigenvalue weighted by Crippen LogP contribution is -2.33. The topological polar surface area (TPSA) is 92.7 Å². The first-order valence-electron chi connectivity index (χ1n) is 8.61. The average molecular weight is 377 g/mol. The van der Waals surface area contributed by atoms with Crippen molar-refractivity contribution in [3.8, 4) is 11.3 Å². The Labute approximate surface area is 158 Å². The molecule has 4 aromatic rings. The number of H-pyrrole nitrogens is 1. The summed E-state index contributed by atoms with van der Waals surface area (Å²) in [5.41, 5.74) is 2.08. The number of nitrogens with zero attached hydrogens (tertiary/aromatic N) is 3. The first-order valence-corrected chi connectivity index (χ1v) is 8.61. The molecule has 28 heavy (non-hydrogen) atoms. The molecule has 8 heteroatoms. The predicted molar refractivity (Wildman–Crippen MR) is 103 cm³/mol. The van der Waals surface area contributed by atoms with Gasteiger partial charge in [0.05, 0.1) is 17.4 Å². The van der Waals surface area contributed by atoms with Crippen molar-refractivity contribution in [1.29, 1.82) is 0 Å². The number of fused-ring (bicyclic) bond motifs is 1. The smallest absolute Gasteiger partial charge is 0.267 e. The molecule has 2 aromatic heterocycles. The number of nitrogens with one attached hydrogen (secondary N) is 2. The van der Waals surface area contributed by atoms with Gasteiger partial charge in [0.15, 0.2) is 0 Å². The zero-order valence-corrected chi connectivity index (χ0v) is 14.9. The minimum atomic E-state index is -0.842. The molecule has 1 atom stereocenters. The van der Waals surface area contributed by atoms with E-state index in [1.165, 1.54) is 18.2 Å². The summed E-state index contributed by atoms with van der Waals surface area (Å²) in [6.45, 7) is 1.59. The molecule has 0 aliphatic rings. The van der Waals surface area contributed by atoms with Crippen molar-refractivity contribution >= 4 is 22.5 Å². The van der Waals surface area contributed by atoms with Gasteiger partial charge in [0, 0.05) is 22.7 Å². The molecular weight excluding hydrogens is 361 g/mol. The van der Waals surface area contributed by atoms with Gasteiger partial charge in [-0.3, -0.25) is 14.7 Å². The van der Waals surface area contributed by atoms with Gasteiger partial charge in [-0.05, 0) is 55.5 Å². The van der Waals surface area contributed by atoms with Crippen LogP contribution in [0.1, 0.15) is 13.0 Å². The number of carbonyl (C=O) groups is 1. The fraction of sp³-hybridized carbons (Fsp3) is 0.100. The van der Waals surface area contributed by atoms with Crippen LogP contribution in [0.3, 0.4) is 0 Å². The third-order valence-electron chi connectivity index (χ3n) is 4.42. The highest BCUT2D eigenvalue weighted by molar-refractivity contribution is 5.95.